The molecule has 2 atom stereocenters. The van der Waals surface area contributed by atoms with Crippen LogP contribution in [-0.2, 0) is 28.7 Å². The number of rotatable bonds is 7. The number of esters is 2. The zero-order valence-electron chi connectivity index (χ0n) is 10.5. The van der Waals surface area contributed by atoms with Gasteiger partial charge in [-0.15, -0.1) is 0 Å². The fraction of sp³-hybridized carbons (Fsp3) is 0.600. The third-order valence-corrected chi connectivity index (χ3v) is 1.99. The number of amides is 1. The summed E-state index contributed by atoms with van der Waals surface area (Å²) < 4.78 is 8.98. The Hall–Kier alpha value is -2.16. The molecule has 0 unspecified atom stereocenters. The molecule has 19 heavy (non-hydrogen) atoms. The molecule has 0 bridgehead atoms. The molecule has 0 rings (SSSR count). The van der Waals surface area contributed by atoms with Crippen molar-refractivity contribution in [2.24, 2.45) is 5.73 Å². The second-order valence-corrected chi connectivity index (χ2v) is 3.59. The third kappa shape index (κ3) is 6.99. The van der Waals surface area contributed by atoms with E-state index in [1.54, 1.807) is 0 Å². The summed E-state index contributed by atoms with van der Waals surface area (Å²) >= 11 is 0. The molecular formula is C10H16N2O7. The number of methoxy groups -OCH3 is 1. The highest BCUT2D eigenvalue weighted by atomic mass is 16.5. The highest BCUT2D eigenvalue weighted by Crippen LogP contribution is 1.95. The summed E-state index contributed by atoms with van der Waals surface area (Å²) in [4.78, 5) is 43.8. The summed E-state index contributed by atoms with van der Waals surface area (Å²) in [7, 11) is 1.09. The number of hydrogen-bond donors (Lipinski definition) is 3. The van der Waals surface area contributed by atoms with Gasteiger partial charge in [-0.05, 0) is 0 Å². The summed E-state index contributed by atoms with van der Waals surface area (Å²) in [6, 6.07) is -2.55. The lowest BCUT2D eigenvalue weighted by atomic mass is 10.2. The van der Waals surface area contributed by atoms with E-state index in [1.165, 1.54) is 0 Å². The Bertz CT molecular complexity index is 369. The largest absolute Gasteiger partial charge is 0.481 e. The van der Waals surface area contributed by atoms with Crippen LogP contribution in [0.4, 0.5) is 0 Å². The minimum Gasteiger partial charge on any atom is -0.481 e. The minimum absolute atomic E-state index is 0.423. The van der Waals surface area contributed by atoms with Crippen molar-refractivity contribution in [3.63, 3.8) is 0 Å². The second-order valence-electron chi connectivity index (χ2n) is 3.59. The van der Waals surface area contributed by atoms with Crippen molar-refractivity contribution >= 4 is 23.8 Å². The molecule has 4 N–H and O–H groups in total. The van der Waals surface area contributed by atoms with E-state index in [-0.39, 0.29) is 0 Å². The van der Waals surface area contributed by atoms with E-state index >= 15 is 0 Å². The Morgan fingerprint density at radius 3 is 2.32 bits per heavy atom. The van der Waals surface area contributed by atoms with Gasteiger partial charge in [-0.1, -0.05) is 0 Å². The number of hydrogen-bond acceptors (Lipinski definition) is 7. The van der Waals surface area contributed by atoms with E-state index in [1.807, 2.05) is 0 Å². The molecule has 0 aliphatic carbocycles. The Morgan fingerprint density at radius 2 is 1.89 bits per heavy atom. The number of carbonyl (C=O) groups is 4. The Kier molecular flexibility index (Phi) is 7.12. The van der Waals surface area contributed by atoms with Crippen molar-refractivity contribution in [2.45, 2.75) is 25.4 Å². The molecule has 0 aliphatic rings. The Labute approximate surface area is 109 Å². The van der Waals surface area contributed by atoms with Crippen molar-refractivity contribution in [1.29, 1.82) is 0 Å². The summed E-state index contributed by atoms with van der Waals surface area (Å²) in [6.07, 6.45) is -0.590. The van der Waals surface area contributed by atoms with Crippen LogP contribution in [0.1, 0.15) is 13.3 Å². The normalized spacial score (nSPS) is 13.0. The molecule has 0 fully saturated rings. The van der Waals surface area contributed by atoms with Gasteiger partial charge in [0.25, 0.3) is 0 Å². The van der Waals surface area contributed by atoms with Crippen molar-refractivity contribution in [2.75, 3.05) is 13.7 Å². The van der Waals surface area contributed by atoms with Crippen LogP contribution in [0.5, 0.6) is 0 Å². The summed E-state index contributed by atoms with van der Waals surface area (Å²) in [6.45, 7) is 0.708. The van der Waals surface area contributed by atoms with Crippen molar-refractivity contribution in [1.82, 2.24) is 5.32 Å². The first-order chi connectivity index (χ1) is 8.77. The summed E-state index contributed by atoms with van der Waals surface area (Å²) in [5, 5.41) is 10.6. The van der Waals surface area contributed by atoms with Crippen LogP contribution < -0.4 is 11.1 Å². The van der Waals surface area contributed by atoms with Crippen LogP contribution in [0.25, 0.3) is 0 Å². The van der Waals surface area contributed by atoms with Gasteiger partial charge in [0, 0.05) is 6.92 Å². The van der Waals surface area contributed by atoms with E-state index in [0.717, 1.165) is 14.0 Å². The highest BCUT2D eigenvalue weighted by molar-refractivity contribution is 5.89. The van der Waals surface area contributed by atoms with E-state index in [9.17, 15) is 19.2 Å². The van der Waals surface area contributed by atoms with Crippen molar-refractivity contribution in [3.05, 3.63) is 0 Å². The number of ether oxygens (including phenoxy) is 2. The first-order valence-electron chi connectivity index (χ1n) is 5.26. The number of carboxylic acids is 1. The van der Waals surface area contributed by atoms with E-state index in [2.05, 4.69) is 14.8 Å². The van der Waals surface area contributed by atoms with Gasteiger partial charge in [0.1, 0.15) is 6.61 Å². The van der Waals surface area contributed by atoms with Gasteiger partial charge in [-0.25, -0.2) is 4.79 Å². The maximum absolute atomic E-state index is 11.5. The topological polar surface area (TPSA) is 145 Å². The van der Waals surface area contributed by atoms with Gasteiger partial charge in [-0.2, -0.15) is 0 Å². The average molecular weight is 276 g/mol. The SMILES string of the molecule is COC(=O)[C@@H](COC(C)=O)NC(=O)[C@H](N)CC(=O)O. The molecule has 9 heteroatoms. The third-order valence-electron chi connectivity index (χ3n) is 1.99. The predicted molar refractivity (Wildman–Crippen MR) is 60.8 cm³/mol. The Balaban J connectivity index is 4.53. The number of carboxylic acid groups (broad SMARTS) is 1. The summed E-state index contributed by atoms with van der Waals surface area (Å²) in [5.74, 6) is -3.59. The quantitative estimate of drug-likeness (QED) is 0.453. The maximum atomic E-state index is 11.5. The predicted octanol–water partition coefficient (Wildman–Crippen LogP) is -1.99. The molecular weight excluding hydrogens is 260 g/mol. The summed E-state index contributed by atoms with van der Waals surface area (Å²) in [5.41, 5.74) is 5.31. The molecule has 1 amide bonds. The number of aliphatic carboxylic acids is 1. The lowest BCUT2D eigenvalue weighted by molar-refractivity contribution is -0.151. The molecule has 0 saturated heterocycles. The lowest BCUT2D eigenvalue weighted by Crippen LogP contribution is -2.51. The lowest BCUT2D eigenvalue weighted by Gasteiger charge is -2.18. The Morgan fingerprint density at radius 1 is 1.32 bits per heavy atom. The second kappa shape index (κ2) is 8.03. The van der Waals surface area contributed by atoms with Gasteiger partial charge in [0.15, 0.2) is 6.04 Å². The molecule has 0 aromatic rings. The molecule has 9 nitrogen and oxygen atoms in total. The number of nitrogens with two attached hydrogens (primary N) is 1. The van der Waals surface area contributed by atoms with Crippen LogP contribution in [0.2, 0.25) is 0 Å². The monoisotopic (exact) mass is 276 g/mol. The van der Waals surface area contributed by atoms with E-state index < -0.39 is 48.9 Å². The minimum atomic E-state index is -1.32. The van der Waals surface area contributed by atoms with Gasteiger partial charge in [0.05, 0.1) is 19.6 Å². The molecule has 0 aromatic carbocycles. The van der Waals surface area contributed by atoms with Crippen LogP contribution in [0.3, 0.4) is 0 Å². The van der Waals surface area contributed by atoms with Crippen molar-refractivity contribution in [3.8, 4) is 0 Å². The zero-order chi connectivity index (χ0) is 15.0. The standard InChI is InChI=1S/C10H16N2O7/c1-5(13)19-4-7(10(17)18-2)12-9(16)6(11)3-8(14)15/h6-7H,3-4,11H2,1-2H3,(H,12,16)(H,14,15)/t6-,7-/m1/s1. The molecule has 0 heterocycles. The van der Waals surface area contributed by atoms with Gasteiger partial charge in [0.2, 0.25) is 5.91 Å². The van der Waals surface area contributed by atoms with Crippen molar-refractivity contribution < 1.29 is 33.8 Å². The molecule has 0 aliphatic heterocycles. The number of carbonyl (C=O) groups excluding carboxylic acids is 3. The van der Waals surface area contributed by atoms with Crippen LogP contribution >= 0.6 is 0 Å². The van der Waals surface area contributed by atoms with E-state index in [0.29, 0.717) is 0 Å². The van der Waals surface area contributed by atoms with Crippen LogP contribution in [0.15, 0.2) is 0 Å². The first-order valence-corrected chi connectivity index (χ1v) is 5.26. The molecule has 0 spiro atoms. The van der Waals surface area contributed by atoms with Crippen LogP contribution in [-0.4, -0.2) is 54.7 Å². The van der Waals surface area contributed by atoms with Gasteiger partial charge < -0.3 is 25.6 Å². The van der Waals surface area contributed by atoms with E-state index in [4.69, 9.17) is 10.8 Å². The first kappa shape index (κ1) is 16.8. The average Bonchev–Trinajstić information content (AvgIpc) is 2.31. The molecule has 108 valence electrons. The fourth-order valence-electron chi connectivity index (χ4n) is 1.07. The molecule has 0 radical (unpaired) electrons. The van der Waals surface area contributed by atoms with Crippen LogP contribution in [0, 0.1) is 0 Å². The zero-order valence-corrected chi connectivity index (χ0v) is 10.5. The van der Waals surface area contributed by atoms with Gasteiger partial charge in [-0.3, -0.25) is 14.4 Å². The smallest absolute Gasteiger partial charge is 0.331 e. The highest BCUT2D eigenvalue weighted by Gasteiger charge is 2.26. The fourth-order valence-corrected chi connectivity index (χ4v) is 1.07. The molecule has 0 saturated carbocycles. The molecule has 0 aromatic heterocycles. The number of nitrogens with one attached hydrogen (secondary N) is 1. The maximum Gasteiger partial charge on any atom is 0.331 e. The van der Waals surface area contributed by atoms with Gasteiger partial charge >= 0.3 is 17.9 Å².